The van der Waals surface area contributed by atoms with Crippen LogP contribution in [0.25, 0.3) is 93.0 Å². The molecule has 10 aromatic rings. The summed E-state index contributed by atoms with van der Waals surface area (Å²) in [5, 5.41) is 4.83. The summed E-state index contributed by atoms with van der Waals surface area (Å²) < 4.78 is 4.88. The van der Waals surface area contributed by atoms with Gasteiger partial charge in [0.2, 0.25) is 0 Å². The Bertz CT molecular complexity index is 2800. The van der Waals surface area contributed by atoms with Crippen LogP contribution in [0.15, 0.2) is 170 Å². The Labute approximate surface area is 292 Å². The lowest BCUT2D eigenvalue weighted by atomic mass is 10.0. The summed E-state index contributed by atoms with van der Waals surface area (Å²) >= 11 is 1.82. The maximum Gasteiger partial charge on any atom is 0.166 e. The van der Waals surface area contributed by atoms with E-state index in [0.717, 1.165) is 33.4 Å². The summed E-state index contributed by atoms with van der Waals surface area (Å²) in [6.45, 7) is 0. The molecule has 0 spiro atoms. The van der Waals surface area contributed by atoms with Gasteiger partial charge >= 0.3 is 0 Å². The number of aromatic nitrogens is 4. The number of nitrogens with zero attached hydrogens (tertiary/aromatic N) is 4. The van der Waals surface area contributed by atoms with E-state index in [9.17, 15) is 0 Å². The van der Waals surface area contributed by atoms with Crippen LogP contribution >= 0.6 is 11.3 Å². The molecule has 0 saturated heterocycles. The van der Waals surface area contributed by atoms with Crippen LogP contribution in [0, 0.1) is 0 Å². The normalized spacial score (nSPS) is 11.6. The lowest BCUT2D eigenvalue weighted by Crippen LogP contribution is -2.03. The van der Waals surface area contributed by atoms with Crippen LogP contribution in [0.5, 0.6) is 0 Å². The average molecular weight is 657 g/mol. The molecule has 0 unspecified atom stereocenters. The van der Waals surface area contributed by atoms with E-state index >= 15 is 0 Å². The first kappa shape index (κ1) is 28.6. The van der Waals surface area contributed by atoms with Gasteiger partial charge in [0, 0.05) is 47.6 Å². The molecule has 4 nitrogen and oxygen atoms in total. The predicted octanol–water partition coefficient (Wildman–Crippen LogP) is 12.0. The van der Waals surface area contributed by atoms with Gasteiger partial charge in [-0.25, -0.2) is 15.0 Å². The molecule has 0 aliphatic heterocycles. The van der Waals surface area contributed by atoms with Crippen LogP contribution in [0.1, 0.15) is 0 Å². The van der Waals surface area contributed by atoms with Crippen molar-refractivity contribution in [3.8, 4) is 51.0 Å². The highest BCUT2D eigenvalue weighted by molar-refractivity contribution is 7.25. The van der Waals surface area contributed by atoms with Crippen molar-refractivity contribution in [3.63, 3.8) is 0 Å². The number of benzene rings is 7. The third kappa shape index (κ3) is 4.71. The molecule has 50 heavy (non-hydrogen) atoms. The monoisotopic (exact) mass is 656 g/mol. The maximum atomic E-state index is 5.23. The first-order chi connectivity index (χ1) is 24.8. The molecule has 3 aromatic heterocycles. The molecule has 3 heterocycles. The Morgan fingerprint density at radius 2 is 0.920 bits per heavy atom. The molecule has 0 fully saturated rings. The van der Waals surface area contributed by atoms with E-state index < -0.39 is 0 Å². The summed E-state index contributed by atoms with van der Waals surface area (Å²) in [7, 11) is 0. The van der Waals surface area contributed by atoms with E-state index in [1.165, 1.54) is 42.1 Å². The second-order valence-electron chi connectivity index (χ2n) is 12.5. The Balaban J connectivity index is 1.33. The largest absolute Gasteiger partial charge is 0.308 e. The highest BCUT2D eigenvalue weighted by Gasteiger charge is 2.22. The third-order valence-electron chi connectivity index (χ3n) is 9.46. The first-order valence-electron chi connectivity index (χ1n) is 16.7. The van der Waals surface area contributed by atoms with Gasteiger partial charge in [0.05, 0.1) is 16.7 Å². The zero-order valence-electron chi connectivity index (χ0n) is 26.9. The zero-order chi connectivity index (χ0) is 33.0. The van der Waals surface area contributed by atoms with Crippen LogP contribution in [-0.2, 0) is 0 Å². The number of fused-ring (bicyclic) bond motifs is 6. The minimum Gasteiger partial charge on any atom is -0.308 e. The molecule has 5 heteroatoms. The molecule has 0 amide bonds. The van der Waals surface area contributed by atoms with Gasteiger partial charge in [-0.2, -0.15) is 0 Å². The summed E-state index contributed by atoms with van der Waals surface area (Å²) in [5.74, 6) is 1.92. The van der Waals surface area contributed by atoms with Crippen LogP contribution < -0.4 is 0 Å². The van der Waals surface area contributed by atoms with Crippen molar-refractivity contribution >= 4 is 53.3 Å². The van der Waals surface area contributed by atoms with Gasteiger partial charge in [0.25, 0.3) is 0 Å². The molecule has 7 aromatic carbocycles. The smallest absolute Gasteiger partial charge is 0.166 e. The predicted molar refractivity (Wildman–Crippen MR) is 209 cm³/mol. The quantitative estimate of drug-likeness (QED) is 0.185. The highest BCUT2D eigenvalue weighted by Crippen LogP contribution is 2.43. The molecular weight excluding hydrogens is 629 g/mol. The lowest BCUT2D eigenvalue weighted by Gasteiger charge is -2.16. The van der Waals surface area contributed by atoms with Crippen molar-refractivity contribution < 1.29 is 0 Å². The van der Waals surface area contributed by atoms with E-state index in [0.29, 0.717) is 17.5 Å². The molecule has 234 valence electrons. The Kier molecular flexibility index (Phi) is 6.64. The number of thiophene rings is 1. The van der Waals surface area contributed by atoms with Crippen molar-refractivity contribution in [3.05, 3.63) is 170 Å². The first-order valence-corrected chi connectivity index (χ1v) is 17.5. The molecule has 10 rings (SSSR count). The van der Waals surface area contributed by atoms with Crippen LogP contribution in [0.4, 0.5) is 0 Å². The fourth-order valence-electron chi connectivity index (χ4n) is 7.09. The minimum absolute atomic E-state index is 0.634. The van der Waals surface area contributed by atoms with E-state index in [2.05, 4.69) is 138 Å². The van der Waals surface area contributed by atoms with E-state index in [1.807, 2.05) is 47.7 Å². The molecule has 0 atom stereocenters. The van der Waals surface area contributed by atoms with Gasteiger partial charge in [-0.05, 0) is 41.5 Å². The number of rotatable bonds is 5. The van der Waals surface area contributed by atoms with Gasteiger partial charge in [-0.15, -0.1) is 11.3 Å². The van der Waals surface area contributed by atoms with Crippen LogP contribution in [0.2, 0.25) is 0 Å². The molecule has 0 aliphatic carbocycles. The maximum absolute atomic E-state index is 5.23. The Morgan fingerprint density at radius 1 is 0.360 bits per heavy atom. The van der Waals surface area contributed by atoms with Crippen LogP contribution in [0.3, 0.4) is 0 Å². The molecule has 0 saturated carbocycles. The fourth-order valence-corrected chi connectivity index (χ4v) is 8.21. The topological polar surface area (TPSA) is 43.6 Å². The van der Waals surface area contributed by atoms with Gasteiger partial charge in [-0.1, -0.05) is 140 Å². The number of hydrogen-bond acceptors (Lipinski definition) is 4. The standard InChI is InChI=1S/C45H28N4S/c1-4-14-29(15-5-1)32-24-25-34-33-20-10-12-22-38(33)49(39(34)26-32)40-28-42-36(35-21-11-13-23-41(35)50-42)27-37(40)45-47-43(30-16-6-2-7-17-30)46-44(48-45)31-18-8-3-9-19-31/h1-28H. The highest BCUT2D eigenvalue weighted by atomic mass is 32.1. The van der Waals surface area contributed by atoms with Crippen molar-refractivity contribution in [2.45, 2.75) is 0 Å². The number of hydrogen-bond donors (Lipinski definition) is 0. The van der Waals surface area contributed by atoms with E-state index in [4.69, 9.17) is 15.0 Å². The van der Waals surface area contributed by atoms with E-state index in [-0.39, 0.29) is 0 Å². The molecule has 0 N–H and O–H groups in total. The van der Waals surface area contributed by atoms with Gasteiger partial charge in [0.1, 0.15) is 0 Å². The van der Waals surface area contributed by atoms with Crippen molar-refractivity contribution in [1.29, 1.82) is 0 Å². The average Bonchev–Trinajstić information content (AvgIpc) is 3.73. The van der Waals surface area contributed by atoms with E-state index in [1.54, 1.807) is 0 Å². The SMILES string of the molecule is c1ccc(-c2ccc3c4ccccc4n(-c4cc5sc6ccccc6c5cc4-c4nc(-c5ccccc5)nc(-c5ccccc5)n4)c3c2)cc1. The minimum atomic E-state index is 0.634. The van der Waals surface area contributed by atoms with Crippen molar-refractivity contribution in [1.82, 2.24) is 19.5 Å². The Morgan fingerprint density at radius 3 is 1.62 bits per heavy atom. The van der Waals surface area contributed by atoms with Crippen molar-refractivity contribution in [2.75, 3.05) is 0 Å². The third-order valence-corrected chi connectivity index (χ3v) is 10.6. The zero-order valence-corrected chi connectivity index (χ0v) is 27.7. The van der Waals surface area contributed by atoms with Gasteiger partial charge in [-0.3, -0.25) is 0 Å². The molecule has 0 radical (unpaired) electrons. The Hall–Kier alpha value is -6.43. The number of para-hydroxylation sites is 1. The van der Waals surface area contributed by atoms with Gasteiger partial charge in [0.15, 0.2) is 17.5 Å². The van der Waals surface area contributed by atoms with Crippen LogP contribution in [-0.4, -0.2) is 19.5 Å². The molecule has 0 bridgehead atoms. The lowest BCUT2D eigenvalue weighted by molar-refractivity contribution is 1.07. The molecule has 0 aliphatic rings. The second kappa shape index (κ2) is 11.6. The molecular formula is C45H28N4S. The fraction of sp³-hybridized carbons (Fsp3) is 0. The summed E-state index contributed by atoms with van der Waals surface area (Å²) in [6.07, 6.45) is 0. The van der Waals surface area contributed by atoms with Crippen molar-refractivity contribution in [2.24, 2.45) is 0 Å². The summed E-state index contributed by atoms with van der Waals surface area (Å²) in [4.78, 5) is 15.5. The summed E-state index contributed by atoms with van der Waals surface area (Å²) in [5.41, 5.74) is 8.50. The summed E-state index contributed by atoms with van der Waals surface area (Å²) in [6, 6.07) is 59.7. The second-order valence-corrected chi connectivity index (χ2v) is 13.5. The van der Waals surface area contributed by atoms with Gasteiger partial charge < -0.3 is 4.57 Å².